The molecular formula is C9H11BrClN3. The fourth-order valence-electron chi connectivity index (χ4n) is 1.66. The maximum Gasteiger partial charge on any atom is 0.148 e. The van der Waals surface area contributed by atoms with Crippen LogP contribution in [0.1, 0.15) is 19.8 Å². The molecule has 0 spiro atoms. The van der Waals surface area contributed by atoms with E-state index in [2.05, 4.69) is 38.1 Å². The van der Waals surface area contributed by atoms with Crippen molar-refractivity contribution in [3.8, 4) is 0 Å². The summed E-state index contributed by atoms with van der Waals surface area (Å²) in [5.74, 6) is 1.62. The summed E-state index contributed by atoms with van der Waals surface area (Å²) in [4.78, 5) is 8.01. The summed E-state index contributed by atoms with van der Waals surface area (Å²) in [6, 6.07) is 0.535. The van der Waals surface area contributed by atoms with Gasteiger partial charge >= 0.3 is 0 Å². The molecule has 1 aliphatic carbocycles. The Bertz CT molecular complexity index is 339. The monoisotopic (exact) mass is 275 g/mol. The molecule has 1 saturated carbocycles. The molecule has 0 atom stereocenters. The summed E-state index contributed by atoms with van der Waals surface area (Å²) in [6.07, 6.45) is 3.87. The van der Waals surface area contributed by atoms with E-state index in [4.69, 9.17) is 11.6 Å². The van der Waals surface area contributed by atoms with E-state index in [9.17, 15) is 0 Å². The van der Waals surface area contributed by atoms with E-state index in [1.54, 1.807) is 0 Å². The molecule has 1 aliphatic rings. The highest BCUT2D eigenvalue weighted by Crippen LogP contribution is 2.32. The smallest absolute Gasteiger partial charge is 0.148 e. The molecule has 0 bridgehead atoms. The van der Waals surface area contributed by atoms with Crippen LogP contribution in [0.2, 0.25) is 5.15 Å². The molecule has 0 aliphatic heterocycles. The second kappa shape index (κ2) is 4.03. The van der Waals surface area contributed by atoms with Crippen LogP contribution in [0, 0.1) is 5.92 Å². The van der Waals surface area contributed by atoms with Gasteiger partial charge < -0.3 is 5.32 Å². The molecule has 76 valence electrons. The lowest BCUT2D eigenvalue weighted by molar-refractivity contribution is 0.308. The van der Waals surface area contributed by atoms with Crippen LogP contribution in [-0.4, -0.2) is 16.0 Å². The van der Waals surface area contributed by atoms with Crippen LogP contribution >= 0.6 is 27.5 Å². The van der Waals surface area contributed by atoms with Gasteiger partial charge in [-0.2, -0.15) is 0 Å². The normalized spacial score (nSPS) is 25.6. The summed E-state index contributed by atoms with van der Waals surface area (Å²) in [7, 11) is 0. The van der Waals surface area contributed by atoms with Crippen molar-refractivity contribution < 1.29 is 0 Å². The molecule has 0 amide bonds. The zero-order valence-electron chi connectivity index (χ0n) is 7.80. The minimum absolute atomic E-state index is 0.454. The third kappa shape index (κ3) is 2.01. The Labute approximate surface area is 96.4 Å². The first kappa shape index (κ1) is 10.2. The largest absolute Gasteiger partial charge is 0.366 e. The van der Waals surface area contributed by atoms with E-state index in [-0.39, 0.29) is 0 Å². The van der Waals surface area contributed by atoms with Crippen LogP contribution in [-0.2, 0) is 0 Å². The Morgan fingerprint density at radius 3 is 2.86 bits per heavy atom. The molecule has 2 rings (SSSR count). The first-order chi connectivity index (χ1) is 6.66. The van der Waals surface area contributed by atoms with Crippen molar-refractivity contribution in [2.45, 2.75) is 25.8 Å². The van der Waals surface area contributed by atoms with Gasteiger partial charge in [0.15, 0.2) is 0 Å². The molecule has 1 aromatic rings. The van der Waals surface area contributed by atoms with Crippen molar-refractivity contribution in [1.29, 1.82) is 0 Å². The number of nitrogens with zero attached hydrogens (tertiary/aromatic N) is 2. The van der Waals surface area contributed by atoms with Crippen LogP contribution in [0.3, 0.4) is 0 Å². The van der Waals surface area contributed by atoms with E-state index >= 15 is 0 Å². The van der Waals surface area contributed by atoms with E-state index in [0.29, 0.717) is 11.2 Å². The summed E-state index contributed by atoms with van der Waals surface area (Å²) < 4.78 is 0.751. The van der Waals surface area contributed by atoms with Gasteiger partial charge in [0, 0.05) is 6.04 Å². The van der Waals surface area contributed by atoms with Gasteiger partial charge in [0.25, 0.3) is 0 Å². The molecule has 0 saturated heterocycles. The predicted octanol–water partition coefficient (Wildman–Crippen LogP) is 3.10. The van der Waals surface area contributed by atoms with Gasteiger partial charge in [0.2, 0.25) is 0 Å². The zero-order valence-corrected chi connectivity index (χ0v) is 10.1. The average molecular weight is 277 g/mol. The van der Waals surface area contributed by atoms with Gasteiger partial charge in [0.1, 0.15) is 17.3 Å². The number of aromatic nitrogens is 2. The maximum absolute atomic E-state index is 5.85. The average Bonchev–Trinajstić information content (AvgIpc) is 2.10. The van der Waals surface area contributed by atoms with E-state index in [1.807, 2.05) is 0 Å². The fraction of sp³-hybridized carbons (Fsp3) is 0.556. The first-order valence-electron chi connectivity index (χ1n) is 4.59. The molecular weight excluding hydrogens is 265 g/mol. The van der Waals surface area contributed by atoms with E-state index in [0.717, 1.165) is 16.2 Å². The number of halogens is 2. The minimum atomic E-state index is 0.454. The molecule has 14 heavy (non-hydrogen) atoms. The van der Waals surface area contributed by atoms with Crippen LogP contribution in [0.5, 0.6) is 0 Å². The lowest BCUT2D eigenvalue weighted by Crippen LogP contribution is -2.34. The van der Waals surface area contributed by atoms with Crippen molar-refractivity contribution >= 4 is 33.3 Å². The standard InChI is InChI=1S/C9H11BrClN3/c1-5-2-6(3-5)14-9-7(10)8(11)12-4-13-9/h4-6H,2-3H2,1H3,(H,12,13,14). The molecule has 0 unspecified atom stereocenters. The maximum atomic E-state index is 5.85. The van der Waals surface area contributed by atoms with Crippen LogP contribution in [0.25, 0.3) is 0 Å². The lowest BCUT2D eigenvalue weighted by Gasteiger charge is -2.33. The molecule has 1 aromatic heterocycles. The minimum Gasteiger partial charge on any atom is -0.366 e. The molecule has 3 nitrogen and oxygen atoms in total. The van der Waals surface area contributed by atoms with Gasteiger partial charge in [-0.1, -0.05) is 18.5 Å². The highest BCUT2D eigenvalue weighted by Gasteiger charge is 2.26. The van der Waals surface area contributed by atoms with Crippen molar-refractivity contribution in [1.82, 2.24) is 9.97 Å². The van der Waals surface area contributed by atoms with E-state index in [1.165, 1.54) is 19.2 Å². The summed E-state index contributed by atoms with van der Waals surface area (Å²) in [5.41, 5.74) is 0. The zero-order chi connectivity index (χ0) is 10.1. The van der Waals surface area contributed by atoms with Crippen molar-refractivity contribution in [2.75, 3.05) is 5.32 Å². The van der Waals surface area contributed by atoms with Crippen LogP contribution in [0.4, 0.5) is 5.82 Å². The SMILES string of the molecule is CC1CC(Nc2ncnc(Cl)c2Br)C1. The van der Waals surface area contributed by atoms with Crippen molar-refractivity contribution in [3.63, 3.8) is 0 Å². The summed E-state index contributed by atoms with van der Waals surface area (Å²) in [5, 5.41) is 3.79. The second-order valence-electron chi connectivity index (χ2n) is 3.74. The number of nitrogens with one attached hydrogen (secondary N) is 1. The Morgan fingerprint density at radius 2 is 2.21 bits per heavy atom. The van der Waals surface area contributed by atoms with Crippen LogP contribution in [0.15, 0.2) is 10.8 Å². The molecule has 5 heteroatoms. The molecule has 1 N–H and O–H groups in total. The second-order valence-corrected chi connectivity index (χ2v) is 4.90. The molecule has 1 heterocycles. The topological polar surface area (TPSA) is 37.8 Å². The molecule has 1 fully saturated rings. The number of hydrogen-bond donors (Lipinski definition) is 1. The number of rotatable bonds is 2. The predicted molar refractivity (Wildman–Crippen MR) is 60.6 cm³/mol. The lowest BCUT2D eigenvalue weighted by atomic mass is 9.82. The van der Waals surface area contributed by atoms with E-state index < -0.39 is 0 Å². The van der Waals surface area contributed by atoms with Crippen molar-refractivity contribution in [2.24, 2.45) is 5.92 Å². The highest BCUT2D eigenvalue weighted by atomic mass is 79.9. The molecule has 0 radical (unpaired) electrons. The fourth-order valence-corrected chi connectivity index (χ4v) is 2.11. The third-order valence-corrected chi connectivity index (χ3v) is 3.73. The Hall–Kier alpha value is -0.350. The number of anilines is 1. The van der Waals surface area contributed by atoms with Gasteiger partial charge in [-0.15, -0.1) is 0 Å². The van der Waals surface area contributed by atoms with Crippen molar-refractivity contribution in [3.05, 3.63) is 16.0 Å². The molecule has 0 aromatic carbocycles. The third-order valence-electron chi connectivity index (χ3n) is 2.46. The Morgan fingerprint density at radius 1 is 1.50 bits per heavy atom. The highest BCUT2D eigenvalue weighted by molar-refractivity contribution is 9.10. The van der Waals surface area contributed by atoms with Gasteiger partial charge in [0.05, 0.1) is 4.47 Å². The first-order valence-corrected chi connectivity index (χ1v) is 5.76. The van der Waals surface area contributed by atoms with Gasteiger partial charge in [-0.3, -0.25) is 0 Å². The Balaban J connectivity index is 2.06. The summed E-state index contributed by atoms with van der Waals surface area (Å²) in [6.45, 7) is 2.25. The summed E-state index contributed by atoms with van der Waals surface area (Å²) >= 11 is 9.21. The van der Waals surface area contributed by atoms with Gasteiger partial charge in [-0.25, -0.2) is 9.97 Å². The van der Waals surface area contributed by atoms with Crippen LogP contribution < -0.4 is 5.32 Å². The quantitative estimate of drug-likeness (QED) is 0.844. The van der Waals surface area contributed by atoms with Gasteiger partial charge in [-0.05, 0) is 34.7 Å². The Kier molecular flexibility index (Phi) is 2.93. The number of hydrogen-bond acceptors (Lipinski definition) is 3.